The van der Waals surface area contributed by atoms with Crippen molar-refractivity contribution in [3.05, 3.63) is 24.5 Å². The largest absolute Gasteiger partial charge is 0.383 e. The predicted molar refractivity (Wildman–Crippen MR) is 159 cm³/mol. The fourth-order valence-corrected chi connectivity index (χ4v) is 7.25. The zero-order valence-corrected chi connectivity index (χ0v) is 25.3. The highest BCUT2D eigenvalue weighted by atomic mass is 32.7. The number of imidazole rings is 1. The smallest absolute Gasteiger partial charge is 0.322 e. The molecule has 2 aliphatic rings. The Morgan fingerprint density at radius 1 is 1.22 bits per heavy atom. The van der Waals surface area contributed by atoms with Crippen LogP contribution in [0, 0.1) is 5.41 Å². The number of nitrogen functional groups attached to an aromatic ring is 2. The maximum absolute atomic E-state index is 9.71. The molecule has 0 amide bonds. The zero-order valence-electron chi connectivity index (χ0n) is 21.8. The van der Waals surface area contributed by atoms with Crippen molar-refractivity contribution >= 4 is 72.7 Å². The summed E-state index contributed by atoms with van der Waals surface area (Å²) in [5.74, 6) is 0.821. The van der Waals surface area contributed by atoms with Crippen LogP contribution in [0.25, 0.3) is 11.2 Å². The van der Waals surface area contributed by atoms with Gasteiger partial charge in [-0.3, -0.25) is 4.57 Å². The minimum atomic E-state index is -3.90. The molecule has 4 heterocycles. The summed E-state index contributed by atoms with van der Waals surface area (Å²) < 4.78 is 25.4. The molecular weight excluding hydrogens is 614 g/mol. The lowest BCUT2D eigenvalue weighted by atomic mass is 10.1. The zero-order chi connectivity index (χ0) is 29.3. The number of nitrogens with zero attached hydrogens (tertiary/aromatic N) is 6. The second-order valence-electron chi connectivity index (χ2n) is 9.60. The van der Waals surface area contributed by atoms with Crippen molar-refractivity contribution in [1.29, 1.82) is 5.41 Å². The first-order chi connectivity index (χ1) is 19.5. The first kappa shape index (κ1) is 30.4. The summed E-state index contributed by atoms with van der Waals surface area (Å²) >= 11 is 9.20. The molecule has 0 aromatic carbocycles. The summed E-state index contributed by atoms with van der Waals surface area (Å²) in [6, 6.07) is -0.411. The third-order valence-electron chi connectivity index (χ3n) is 6.70. The lowest BCUT2D eigenvalue weighted by Gasteiger charge is -2.25. The van der Waals surface area contributed by atoms with Crippen LogP contribution in [-0.4, -0.2) is 75.9 Å². The number of ether oxygens (including phenoxy) is 1. The van der Waals surface area contributed by atoms with Gasteiger partial charge in [-0.2, -0.15) is 0 Å². The molecule has 6 atom stereocenters. The van der Waals surface area contributed by atoms with Crippen molar-refractivity contribution in [1.82, 2.24) is 29.5 Å². The van der Waals surface area contributed by atoms with Crippen LogP contribution in [0.5, 0.6) is 0 Å². The van der Waals surface area contributed by atoms with E-state index < -0.39 is 32.5 Å². The van der Waals surface area contributed by atoms with Gasteiger partial charge >= 0.3 is 6.72 Å². The topological polar surface area (TPSA) is 235 Å². The monoisotopic (exact) mass is 644 g/mol. The number of thiol groups is 1. The van der Waals surface area contributed by atoms with Crippen molar-refractivity contribution in [2.45, 2.75) is 63.2 Å². The number of anilines is 3. The summed E-state index contributed by atoms with van der Waals surface area (Å²) in [6.07, 6.45) is 4.81. The molecule has 3 aromatic heterocycles. The predicted octanol–water partition coefficient (Wildman–Crippen LogP) is 2.27. The molecule has 2 fully saturated rings. The summed E-state index contributed by atoms with van der Waals surface area (Å²) in [6.45, 7) is -2.08. The summed E-state index contributed by atoms with van der Waals surface area (Å²) in [4.78, 5) is 40.2. The quantitative estimate of drug-likeness (QED) is 0.0901. The average Bonchev–Trinajstić information content (AvgIpc) is 3.61. The summed E-state index contributed by atoms with van der Waals surface area (Å²) in [7, 11) is -1.66. The van der Waals surface area contributed by atoms with Gasteiger partial charge in [-0.15, -0.1) is 0 Å². The van der Waals surface area contributed by atoms with E-state index in [0.717, 1.165) is 12.8 Å². The number of hydrogen-bond acceptors (Lipinski definition) is 15. The molecule has 1 aliphatic carbocycles. The van der Waals surface area contributed by atoms with Crippen LogP contribution >= 0.6 is 26.5 Å². The van der Waals surface area contributed by atoms with Crippen LogP contribution in [-0.2, 0) is 30.1 Å². The van der Waals surface area contributed by atoms with Crippen molar-refractivity contribution in [2.75, 3.05) is 23.4 Å². The fourth-order valence-electron chi connectivity index (χ4n) is 4.95. The summed E-state index contributed by atoms with van der Waals surface area (Å²) in [5.41, 5.74) is 13.5. The molecule has 20 heteroatoms. The van der Waals surface area contributed by atoms with Gasteiger partial charge < -0.3 is 50.3 Å². The van der Waals surface area contributed by atoms with Gasteiger partial charge in [0.25, 0.3) is 0 Å². The highest BCUT2D eigenvalue weighted by Gasteiger charge is 2.40. The third-order valence-corrected chi connectivity index (χ3v) is 8.98. The minimum absolute atomic E-state index is 0.161. The molecule has 3 aromatic rings. The van der Waals surface area contributed by atoms with Gasteiger partial charge in [-0.25, -0.2) is 24.9 Å². The van der Waals surface area contributed by atoms with Crippen LogP contribution in [0.1, 0.15) is 44.4 Å². The molecule has 5 unspecified atom stereocenters. The molecule has 222 valence electrons. The molecule has 41 heavy (non-hydrogen) atoms. The van der Waals surface area contributed by atoms with Crippen LogP contribution in [0.4, 0.5) is 17.5 Å². The van der Waals surface area contributed by atoms with Crippen LogP contribution in [0.2, 0.25) is 0 Å². The standard InChI is InChI=1S/C21H30N10O6P2S2/c1-10(22)16-18(23)25-7-27-20(16)30-13-4-12(37-39(32,33)41)5-14(13)36-38(40)34-6-11-2-3-15(35-11)31-9-29-17-19(24)26-8-28-21(17)31/h7-9,11-15,22,40H,2-6H2,1H3,(H2,24,26,28)(H2,32,33,41)(H3,23,25,27,30)/t11?,12?,13?,14-,15?,38?/m1/s1. The Hall–Kier alpha value is -2.11. The van der Waals surface area contributed by atoms with Gasteiger partial charge in [0.2, 0.25) is 7.58 Å². The lowest BCUT2D eigenvalue weighted by Crippen LogP contribution is -2.31. The first-order valence-electron chi connectivity index (χ1n) is 12.5. The molecule has 5 rings (SSSR count). The fraction of sp³-hybridized carbons (Fsp3) is 0.524. The van der Waals surface area contributed by atoms with Crippen LogP contribution in [0.15, 0.2) is 19.0 Å². The number of rotatable bonds is 11. The van der Waals surface area contributed by atoms with Crippen LogP contribution < -0.4 is 16.8 Å². The number of aromatic nitrogens is 6. The summed E-state index contributed by atoms with van der Waals surface area (Å²) in [5, 5.41) is 11.3. The number of nitrogens with two attached hydrogens (primary N) is 2. The normalized spacial score (nSPS) is 25.5. The van der Waals surface area contributed by atoms with Crippen molar-refractivity contribution in [3.8, 4) is 0 Å². The number of hydrogen-bond donors (Lipinski definition) is 7. The van der Waals surface area contributed by atoms with E-state index in [2.05, 4.69) is 54.3 Å². The van der Waals surface area contributed by atoms with Gasteiger partial charge in [-0.1, -0.05) is 12.2 Å². The Balaban J connectivity index is 1.20. The molecule has 1 saturated carbocycles. The number of nitrogens with one attached hydrogen (secondary N) is 2. The molecule has 1 aliphatic heterocycles. The Morgan fingerprint density at radius 3 is 2.73 bits per heavy atom. The Morgan fingerprint density at radius 2 is 1.98 bits per heavy atom. The van der Waals surface area contributed by atoms with E-state index in [0.29, 0.717) is 41.2 Å². The Labute approximate surface area is 246 Å². The molecule has 0 bridgehead atoms. The Kier molecular flexibility index (Phi) is 9.35. The van der Waals surface area contributed by atoms with E-state index in [1.165, 1.54) is 12.7 Å². The first-order valence-corrected chi connectivity index (χ1v) is 17.5. The molecule has 1 saturated heterocycles. The third kappa shape index (κ3) is 7.28. The SMILES string of the molecule is CC(=N)c1c(N)ncnc1NC1CC(OP(O)(O)=S)C[C@H]1OP(S)OCC1CCC(n2cnc3c(N)ncnc32)O1. The average molecular weight is 645 g/mol. The van der Waals surface area contributed by atoms with E-state index in [4.69, 9.17) is 35.2 Å². The maximum Gasteiger partial charge on any atom is 0.322 e. The second-order valence-corrected chi connectivity index (χ2v) is 14.1. The van der Waals surface area contributed by atoms with Gasteiger partial charge in [0.05, 0.1) is 42.9 Å². The van der Waals surface area contributed by atoms with E-state index in [-0.39, 0.29) is 30.5 Å². The molecule has 8 N–H and O–H groups in total. The van der Waals surface area contributed by atoms with Gasteiger partial charge in [0.1, 0.15) is 36.0 Å². The van der Waals surface area contributed by atoms with Crippen molar-refractivity contribution in [2.24, 2.45) is 0 Å². The van der Waals surface area contributed by atoms with Crippen molar-refractivity contribution in [3.63, 3.8) is 0 Å². The molecule has 0 radical (unpaired) electrons. The Bertz CT molecular complexity index is 1460. The lowest BCUT2D eigenvalue weighted by molar-refractivity contribution is -0.0164. The van der Waals surface area contributed by atoms with E-state index >= 15 is 0 Å². The van der Waals surface area contributed by atoms with Crippen LogP contribution in [0.3, 0.4) is 0 Å². The maximum atomic E-state index is 9.71. The van der Waals surface area contributed by atoms with Crippen molar-refractivity contribution < 1.29 is 28.1 Å². The highest BCUT2D eigenvalue weighted by molar-refractivity contribution is 8.41. The minimum Gasteiger partial charge on any atom is -0.383 e. The highest BCUT2D eigenvalue weighted by Crippen LogP contribution is 2.50. The van der Waals surface area contributed by atoms with E-state index in [9.17, 15) is 9.79 Å². The second kappa shape index (κ2) is 12.6. The number of fused-ring (bicyclic) bond motifs is 1. The molecule has 16 nitrogen and oxygen atoms in total. The van der Waals surface area contributed by atoms with Gasteiger partial charge in [-0.05, 0) is 38.0 Å². The van der Waals surface area contributed by atoms with Gasteiger partial charge in [0.15, 0.2) is 11.5 Å². The molecule has 0 spiro atoms. The van der Waals surface area contributed by atoms with Gasteiger partial charge in [0, 0.05) is 12.1 Å². The van der Waals surface area contributed by atoms with E-state index in [1.807, 2.05) is 4.57 Å². The van der Waals surface area contributed by atoms with E-state index in [1.54, 1.807) is 13.3 Å². The molecular formula is C21H30N10O6P2S2.